The van der Waals surface area contributed by atoms with Gasteiger partial charge in [-0.3, -0.25) is 4.98 Å². The fourth-order valence-electron chi connectivity index (χ4n) is 1.48. The molecule has 1 atom stereocenters. The van der Waals surface area contributed by atoms with Crippen molar-refractivity contribution in [3.05, 3.63) is 35.9 Å². The first kappa shape index (κ1) is 16.6. The molecule has 0 saturated heterocycles. The second-order valence-corrected chi connectivity index (χ2v) is 5.14. The monoisotopic (exact) mass is 293 g/mol. The maximum absolute atomic E-state index is 13.7. The van der Waals surface area contributed by atoms with Gasteiger partial charge >= 0.3 is 6.18 Å². The quantitative estimate of drug-likeness (QED) is 0.684. The zero-order chi connectivity index (χ0) is 15.7. The van der Waals surface area contributed by atoms with Gasteiger partial charge < -0.3 is 9.84 Å². The molecule has 1 heterocycles. The lowest BCUT2D eigenvalue weighted by Crippen LogP contribution is -2.24. The SMILES string of the molecule is C=C(c1cncc(F)c1C(O)OC(C)(C)C)C(F)(F)F. The van der Waals surface area contributed by atoms with Crippen LogP contribution in [0, 0.1) is 5.82 Å². The number of pyridine rings is 1. The van der Waals surface area contributed by atoms with E-state index in [-0.39, 0.29) is 0 Å². The summed E-state index contributed by atoms with van der Waals surface area (Å²) in [5.41, 5.74) is -3.42. The van der Waals surface area contributed by atoms with Gasteiger partial charge in [-0.2, -0.15) is 13.2 Å². The van der Waals surface area contributed by atoms with Gasteiger partial charge in [0.25, 0.3) is 0 Å². The second kappa shape index (κ2) is 5.49. The molecule has 0 fully saturated rings. The molecule has 1 unspecified atom stereocenters. The Hall–Kier alpha value is -1.47. The van der Waals surface area contributed by atoms with Crippen molar-refractivity contribution in [1.82, 2.24) is 4.98 Å². The van der Waals surface area contributed by atoms with Gasteiger partial charge in [-0.15, -0.1) is 0 Å². The predicted octanol–water partition coefficient (Wildman–Crippen LogP) is 3.60. The molecule has 7 heteroatoms. The van der Waals surface area contributed by atoms with E-state index >= 15 is 0 Å². The minimum Gasteiger partial charge on any atom is -0.364 e. The molecule has 0 aliphatic carbocycles. The van der Waals surface area contributed by atoms with Gasteiger partial charge in [-0.25, -0.2) is 4.39 Å². The molecular formula is C13H15F4NO2. The van der Waals surface area contributed by atoms with Crippen molar-refractivity contribution in [3.8, 4) is 0 Å². The predicted molar refractivity (Wildman–Crippen MR) is 65.1 cm³/mol. The molecule has 0 aromatic carbocycles. The van der Waals surface area contributed by atoms with Crippen molar-refractivity contribution in [2.75, 3.05) is 0 Å². The lowest BCUT2D eigenvalue weighted by molar-refractivity contribution is -0.171. The summed E-state index contributed by atoms with van der Waals surface area (Å²) in [6, 6.07) is 0. The van der Waals surface area contributed by atoms with Crippen LogP contribution in [0.5, 0.6) is 0 Å². The van der Waals surface area contributed by atoms with Crippen molar-refractivity contribution in [2.24, 2.45) is 0 Å². The summed E-state index contributed by atoms with van der Waals surface area (Å²) < 4.78 is 56.8. The Kier molecular flexibility index (Phi) is 4.55. The molecule has 0 amide bonds. The summed E-state index contributed by atoms with van der Waals surface area (Å²) in [5.74, 6) is -1.09. The van der Waals surface area contributed by atoms with Crippen LogP contribution in [0.1, 0.15) is 38.2 Å². The molecule has 1 rings (SSSR count). The summed E-state index contributed by atoms with van der Waals surface area (Å²) in [6.45, 7) is 7.61. The fraction of sp³-hybridized carbons (Fsp3) is 0.462. The smallest absolute Gasteiger partial charge is 0.364 e. The number of ether oxygens (including phenoxy) is 1. The highest BCUT2D eigenvalue weighted by Crippen LogP contribution is 2.37. The Morgan fingerprint density at radius 2 is 1.85 bits per heavy atom. The van der Waals surface area contributed by atoms with Gasteiger partial charge in [0.05, 0.1) is 22.9 Å². The van der Waals surface area contributed by atoms with Crippen molar-refractivity contribution >= 4 is 5.57 Å². The van der Waals surface area contributed by atoms with E-state index in [1.54, 1.807) is 20.8 Å². The van der Waals surface area contributed by atoms with E-state index in [9.17, 15) is 22.7 Å². The molecule has 0 saturated carbocycles. The van der Waals surface area contributed by atoms with E-state index in [1.165, 1.54) is 0 Å². The summed E-state index contributed by atoms with van der Waals surface area (Å²) in [6.07, 6.45) is -5.11. The highest BCUT2D eigenvalue weighted by Gasteiger charge is 2.36. The summed E-state index contributed by atoms with van der Waals surface area (Å²) in [5, 5.41) is 9.83. The van der Waals surface area contributed by atoms with Crippen LogP contribution < -0.4 is 0 Å². The summed E-state index contributed by atoms with van der Waals surface area (Å²) >= 11 is 0. The molecule has 0 aliphatic heterocycles. The number of alkyl halides is 3. The first-order valence-electron chi connectivity index (χ1n) is 5.69. The Labute approximate surface area is 113 Å². The minimum absolute atomic E-state index is 0.628. The number of aromatic nitrogens is 1. The molecule has 112 valence electrons. The first-order valence-corrected chi connectivity index (χ1v) is 5.69. The zero-order valence-electron chi connectivity index (χ0n) is 11.3. The topological polar surface area (TPSA) is 42.4 Å². The van der Waals surface area contributed by atoms with E-state index in [2.05, 4.69) is 11.6 Å². The maximum atomic E-state index is 13.7. The van der Waals surface area contributed by atoms with Crippen molar-refractivity contribution in [3.63, 3.8) is 0 Å². The minimum atomic E-state index is -4.76. The lowest BCUT2D eigenvalue weighted by atomic mass is 10.0. The van der Waals surface area contributed by atoms with Gasteiger partial charge in [-0.05, 0) is 20.8 Å². The van der Waals surface area contributed by atoms with Gasteiger partial charge in [0.2, 0.25) is 0 Å². The number of aliphatic hydroxyl groups excluding tert-OH is 1. The largest absolute Gasteiger partial charge is 0.416 e. The third kappa shape index (κ3) is 4.01. The second-order valence-electron chi connectivity index (χ2n) is 5.14. The van der Waals surface area contributed by atoms with Crippen LogP contribution in [-0.4, -0.2) is 21.9 Å². The van der Waals surface area contributed by atoms with Gasteiger partial charge in [0, 0.05) is 11.8 Å². The molecule has 0 aliphatic rings. The highest BCUT2D eigenvalue weighted by molar-refractivity contribution is 5.69. The van der Waals surface area contributed by atoms with Gasteiger partial charge in [0.1, 0.15) is 5.82 Å². The van der Waals surface area contributed by atoms with E-state index in [0.29, 0.717) is 6.20 Å². The molecule has 1 aromatic heterocycles. The molecule has 1 N–H and O–H groups in total. The number of allylic oxidation sites excluding steroid dienone is 1. The van der Waals surface area contributed by atoms with Crippen LogP contribution in [0.15, 0.2) is 19.0 Å². The standard InChI is InChI=1S/C13H15F4NO2/c1-7(13(15,16)17)8-5-18-6-9(14)10(8)11(19)20-12(2,3)4/h5-6,11,19H,1H2,2-4H3. The normalized spacial score (nSPS) is 14.2. The van der Waals surface area contributed by atoms with Gasteiger partial charge in [-0.1, -0.05) is 6.58 Å². The molecule has 1 aromatic rings. The first-order chi connectivity index (χ1) is 8.93. The molecule has 20 heavy (non-hydrogen) atoms. The molecule has 0 radical (unpaired) electrons. The van der Waals surface area contributed by atoms with Crippen molar-refractivity contribution in [1.29, 1.82) is 0 Å². The van der Waals surface area contributed by atoms with E-state index in [1.807, 2.05) is 0 Å². The summed E-state index contributed by atoms with van der Waals surface area (Å²) in [7, 11) is 0. The van der Waals surface area contributed by atoms with Crippen LogP contribution in [0.3, 0.4) is 0 Å². The van der Waals surface area contributed by atoms with Crippen LogP contribution in [0.4, 0.5) is 17.6 Å². The molecule has 3 nitrogen and oxygen atoms in total. The van der Waals surface area contributed by atoms with Gasteiger partial charge in [0.15, 0.2) is 6.29 Å². The van der Waals surface area contributed by atoms with Crippen LogP contribution in [-0.2, 0) is 4.74 Å². The number of nitrogens with zero attached hydrogens (tertiary/aromatic N) is 1. The highest BCUT2D eigenvalue weighted by atomic mass is 19.4. The number of hydrogen-bond donors (Lipinski definition) is 1. The Morgan fingerprint density at radius 1 is 1.30 bits per heavy atom. The average Bonchev–Trinajstić information content (AvgIpc) is 2.23. The van der Waals surface area contributed by atoms with Crippen molar-refractivity contribution < 1.29 is 27.4 Å². The summed E-state index contributed by atoms with van der Waals surface area (Å²) in [4.78, 5) is 3.36. The molecule has 0 spiro atoms. The number of aliphatic hydroxyl groups is 1. The zero-order valence-corrected chi connectivity index (χ0v) is 11.3. The van der Waals surface area contributed by atoms with Crippen LogP contribution >= 0.6 is 0 Å². The Balaban J connectivity index is 3.29. The van der Waals surface area contributed by atoms with Crippen LogP contribution in [0.2, 0.25) is 0 Å². The molecule has 0 bridgehead atoms. The third-order valence-corrected chi connectivity index (χ3v) is 2.32. The van der Waals surface area contributed by atoms with E-state index in [0.717, 1.165) is 6.20 Å². The Morgan fingerprint density at radius 3 is 2.30 bits per heavy atom. The maximum Gasteiger partial charge on any atom is 0.416 e. The molecular weight excluding hydrogens is 278 g/mol. The Bertz CT molecular complexity index is 506. The van der Waals surface area contributed by atoms with E-state index < -0.39 is 40.6 Å². The average molecular weight is 293 g/mol. The van der Waals surface area contributed by atoms with E-state index in [4.69, 9.17) is 4.74 Å². The van der Waals surface area contributed by atoms with Crippen LogP contribution in [0.25, 0.3) is 5.57 Å². The third-order valence-electron chi connectivity index (χ3n) is 2.32. The number of halogens is 4. The number of rotatable bonds is 3. The van der Waals surface area contributed by atoms with Crippen molar-refractivity contribution in [2.45, 2.75) is 38.8 Å². The lowest BCUT2D eigenvalue weighted by Gasteiger charge is -2.26. The number of hydrogen-bond acceptors (Lipinski definition) is 3. The fourth-order valence-corrected chi connectivity index (χ4v) is 1.48.